The Labute approximate surface area is 168 Å². The van der Waals surface area contributed by atoms with E-state index in [-0.39, 0.29) is 36.0 Å². The van der Waals surface area contributed by atoms with Crippen LogP contribution in [-0.4, -0.2) is 97.6 Å². The van der Waals surface area contributed by atoms with Crippen molar-refractivity contribution in [2.75, 3.05) is 46.9 Å². The summed E-state index contributed by atoms with van der Waals surface area (Å²) in [7, 11) is 3.85. The molecular weight excluding hydrogens is 356 g/mol. The summed E-state index contributed by atoms with van der Waals surface area (Å²) in [6, 6.07) is 0.719. The van der Waals surface area contributed by atoms with Crippen molar-refractivity contribution in [3.05, 3.63) is 0 Å². The standard InChI is InChI=1S/C21H36N4O3/c1-23-16(7-8-19(26)25-10-3-4-17(25)14-28-2)12-22-21(27)20-18(23)9-11-24(20)13-15-5-6-15/h15-18,20H,3-14H2,1-2H3,(H,22,27)/t16-,17+,18+,20-/m0/s1. The van der Waals surface area contributed by atoms with Crippen molar-refractivity contribution in [2.45, 2.75) is 69.1 Å². The molecule has 158 valence electrons. The highest BCUT2D eigenvalue weighted by Crippen LogP contribution is 2.34. The minimum atomic E-state index is -0.0176. The average molecular weight is 393 g/mol. The number of likely N-dealkylation sites (N-methyl/N-ethyl adjacent to an activating group) is 1. The van der Waals surface area contributed by atoms with E-state index in [1.54, 1.807) is 7.11 Å². The number of hydrogen-bond acceptors (Lipinski definition) is 5. The second-order valence-electron chi connectivity index (χ2n) is 9.18. The topological polar surface area (TPSA) is 65.1 Å². The number of methoxy groups -OCH3 is 1. The van der Waals surface area contributed by atoms with Crippen LogP contribution in [0.4, 0.5) is 0 Å². The molecule has 1 N–H and O–H groups in total. The molecule has 3 heterocycles. The zero-order chi connectivity index (χ0) is 19.7. The first-order chi connectivity index (χ1) is 13.6. The van der Waals surface area contributed by atoms with Gasteiger partial charge in [-0.15, -0.1) is 0 Å². The van der Waals surface area contributed by atoms with E-state index >= 15 is 0 Å². The zero-order valence-corrected chi connectivity index (χ0v) is 17.4. The van der Waals surface area contributed by atoms with Crippen LogP contribution in [0.5, 0.6) is 0 Å². The predicted molar refractivity (Wildman–Crippen MR) is 107 cm³/mol. The zero-order valence-electron chi connectivity index (χ0n) is 17.4. The molecule has 28 heavy (non-hydrogen) atoms. The Morgan fingerprint density at radius 3 is 2.75 bits per heavy atom. The second-order valence-corrected chi connectivity index (χ2v) is 9.18. The minimum absolute atomic E-state index is 0.0176. The molecule has 0 aromatic heterocycles. The first-order valence-corrected chi connectivity index (χ1v) is 11.1. The second kappa shape index (κ2) is 8.67. The van der Waals surface area contributed by atoms with Gasteiger partial charge in [-0.25, -0.2) is 0 Å². The summed E-state index contributed by atoms with van der Waals surface area (Å²) in [5, 5.41) is 3.18. The van der Waals surface area contributed by atoms with Gasteiger partial charge in [0, 0.05) is 51.8 Å². The van der Waals surface area contributed by atoms with Crippen molar-refractivity contribution in [2.24, 2.45) is 5.92 Å². The van der Waals surface area contributed by atoms with E-state index in [4.69, 9.17) is 4.74 Å². The first kappa shape index (κ1) is 20.1. The van der Waals surface area contributed by atoms with Crippen molar-refractivity contribution in [3.8, 4) is 0 Å². The quantitative estimate of drug-likeness (QED) is 0.691. The number of nitrogens with one attached hydrogen (secondary N) is 1. The lowest BCUT2D eigenvalue weighted by atomic mass is 10.0. The summed E-state index contributed by atoms with van der Waals surface area (Å²) in [5.41, 5.74) is 0. The average Bonchev–Trinajstić information content (AvgIpc) is 3.23. The van der Waals surface area contributed by atoms with Gasteiger partial charge in [0.15, 0.2) is 0 Å². The molecule has 0 radical (unpaired) electrons. The molecule has 4 aliphatic rings. The molecule has 1 saturated carbocycles. The molecule has 3 saturated heterocycles. The summed E-state index contributed by atoms with van der Waals surface area (Å²) in [6.07, 6.45) is 7.15. The first-order valence-electron chi connectivity index (χ1n) is 11.1. The van der Waals surface area contributed by atoms with Crippen molar-refractivity contribution < 1.29 is 14.3 Å². The monoisotopic (exact) mass is 392 g/mol. The maximum absolute atomic E-state index is 12.8. The molecule has 4 rings (SSSR count). The number of nitrogens with zero attached hydrogens (tertiary/aromatic N) is 3. The van der Waals surface area contributed by atoms with E-state index in [9.17, 15) is 9.59 Å². The Kier molecular flexibility index (Phi) is 6.23. The highest BCUT2D eigenvalue weighted by molar-refractivity contribution is 5.83. The van der Waals surface area contributed by atoms with Gasteiger partial charge in [-0.05, 0) is 51.5 Å². The lowest BCUT2D eigenvalue weighted by Crippen LogP contribution is -2.50. The number of carbonyl (C=O) groups excluding carboxylic acids is 2. The molecule has 0 spiro atoms. The number of carbonyl (C=O) groups is 2. The van der Waals surface area contributed by atoms with E-state index in [0.717, 1.165) is 51.2 Å². The van der Waals surface area contributed by atoms with Crippen LogP contribution >= 0.6 is 0 Å². The van der Waals surface area contributed by atoms with Crippen molar-refractivity contribution in [3.63, 3.8) is 0 Å². The molecule has 0 aromatic carbocycles. The largest absolute Gasteiger partial charge is 0.383 e. The third-order valence-electron chi connectivity index (χ3n) is 7.29. The molecule has 0 aromatic rings. The highest BCUT2D eigenvalue weighted by Gasteiger charge is 2.46. The van der Waals surface area contributed by atoms with Crippen LogP contribution in [0.2, 0.25) is 0 Å². The summed E-state index contributed by atoms with van der Waals surface area (Å²) in [6.45, 7) is 4.22. The molecule has 7 nitrogen and oxygen atoms in total. The number of likely N-dealkylation sites (tertiary alicyclic amines) is 2. The predicted octanol–water partition coefficient (Wildman–Crippen LogP) is 0.687. The highest BCUT2D eigenvalue weighted by atomic mass is 16.5. The summed E-state index contributed by atoms with van der Waals surface area (Å²) in [4.78, 5) is 32.4. The number of ether oxygens (including phenoxy) is 1. The van der Waals surface area contributed by atoms with Gasteiger partial charge in [-0.2, -0.15) is 0 Å². The van der Waals surface area contributed by atoms with Crippen LogP contribution < -0.4 is 5.32 Å². The Morgan fingerprint density at radius 1 is 1.18 bits per heavy atom. The number of hydrogen-bond donors (Lipinski definition) is 1. The molecule has 1 aliphatic carbocycles. The number of rotatable bonds is 7. The van der Waals surface area contributed by atoms with Crippen LogP contribution in [0.3, 0.4) is 0 Å². The fourth-order valence-electron chi connectivity index (χ4n) is 5.45. The molecular formula is C21H36N4O3. The van der Waals surface area contributed by atoms with E-state index in [0.29, 0.717) is 19.6 Å². The normalized spacial score (nSPS) is 34.4. The molecule has 0 bridgehead atoms. The minimum Gasteiger partial charge on any atom is -0.383 e. The van der Waals surface area contributed by atoms with Crippen LogP contribution in [0.25, 0.3) is 0 Å². The summed E-state index contributed by atoms with van der Waals surface area (Å²) >= 11 is 0. The molecule has 0 unspecified atom stereocenters. The van der Waals surface area contributed by atoms with E-state index < -0.39 is 0 Å². The van der Waals surface area contributed by atoms with Crippen LogP contribution in [0.15, 0.2) is 0 Å². The Morgan fingerprint density at radius 2 is 2.00 bits per heavy atom. The Balaban J connectivity index is 1.34. The van der Waals surface area contributed by atoms with Gasteiger partial charge in [0.25, 0.3) is 0 Å². The van der Waals surface area contributed by atoms with Gasteiger partial charge in [-0.1, -0.05) is 0 Å². The van der Waals surface area contributed by atoms with Crippen LogP contribution in [0.1, 0.15) is 44.9 Å². The van der Waals surface area contributed by atoms with Crippen molar-refractivity contribution in [1.29, 1.82) is 0 Å². The molecule has 7 heteroatoms. The smallest absolute Gasteiger partial charge is 0.239 e. The maximum atomic E-state index is 12.8. The summed E-state index contributed by atoms with van der Waals surface area (Å²) < 4.78 is 5.28. The van der Waals surface area contributed by atoms with E-state index in [2.05, 4.69) is 22.2 Å². The molecule has 3 aliphatic heterocycles. The fraction of sp³-hybridized carbons (Fsp3) is 0.905. The van der Waals surface area contributed by atoms with Crippen molar-refractivity contribution in [1.82, 2.24) is 20.0 Å². The lowest BCUT2D eigenvalue weighted by molar-refractivity contribution is -0.133. The van der Waals surface area contributed by atoms with Gasteiger partial charge < -0.3 is 15.0 Å². The summed E-state index contributed by atoms with van der Waals surface area (Å²) in [5.74, 6) is 1.22. The molecule has 4 fully saturated rings. The van der Waals surface area contributed by atoms with E-state index in [1.165, 1.54) is 12.8 Å². The third kappa shape index (κ3) is 4.21. The van der Waals surface area contributed by atoms with Crippen LogP contribution in [0, 0.1) is 5.92 Å². The number of amides is 2. The van der Waals surface area contributed by atoms with Crippen LogP contribution in [-0.2, 0) is 14.3 Å². The SMILES string of the molecule is COC[C@H]1CCCN1C(=O)CC[C@H]1CNC(=O)[C@@H]2[C@@H](CCN2CC2CC2)N1C. The van der Waals surface area contributed by atoms with Gasteiger partial charge in [0.2, 0.25) is 11.8 Å². The molecule has 4 atom stereocenters. The third-order valence-corrected chi connectivity index (χ3v) is 7.29. The van der Waals surface area contributed by atoms with Gasteiger partial charge in [0.1, 0.15) is 6.04 Å². The van der Waals surface area contributed by atoms with Gasteiger partial charge in [0.05, 0.1) is 12.6 Å². The Bertz CT molecular complexity index is 582. The number of fused-ring (bicyclic) bond motifs is 1. The van der Waals surface area contributed by atoms with E-state index in [1.807, 2.05) is 4.90 Å². The van der Waals surface area contributed by atoms with Gasteiger partial charge in [-0.3, -0.25) is 19.4 Å². The van der Waals surface area contributed by atoms with Crippen molar-refractivity contribution >= 4 is 11.8 Å². The van der Waals surface area contributed by atoms with Gasteiger partial charge >= 0.3 is 0 Å². The Hall–Kier alpha value is -1.18. The maximum Gasteiger partial charge on any atom is 0.239 e. The molecule has 2 amide bonds. The lowest BCUT2D eigenvalue weighted by Gasteiger charge is -2.33. The fourth-order valence-corrected chi connectivity index (χ4v) is 5.45.